The first-order valence-electron chi connectivity index (χ1n) is 8.81. The zero-order valence-corrected chi connectivity index (χ0v) is 15.3. The highest BCUT2D eigenvalue weighted by molar-refractivity contribution is 5.73. The van der Waals surface area contributed by atoms with Crippen LogP contribution in [0.2, 0.25) is 0 Å². The predicted molar refractivity (Wildman–Crippen MR) is 106 cm³/mol. The monoisotopic (exact) mass is 342 g/mol. The topological polar surface area (TPSA) is 56.2 Å². The van der Waals surface area contributed by atoms with Gasteiger partial charge in [-0.15, -0.1) is 0 Å². The van der Waals surface area contributed by atoms with E-state index < -0.39 is 0 Å². The molecule has 0 atom stereocenters. The molecule has 4 aromatic rings. The quantitative estimate of drug-likeness (QED) is 0.598. The van der Waals surface area contributed by atoms with Gasteiger partial charge in [-0.3, -0.25) is 0 Å². The van der Waals surface area contributed by atoms with Gasteiger partial charge in [0, 0.05) is 35.0 Å². The molecule has 0 aliphatic carbocycles. The first-order valence-corrected chi connectivity index (χ1v) is 8.81. The molecule has 0 unspecified atom stereocenters. The van der Waals surface area contributed by atoms with E-state index in [1.165, 1.54) is 11.1 Å². The Kier molecular flexibility index (Phi) is 4.05. The van der Waals surface area contributed by atoms with Crippen LogP contribution in [-0.4, -0.2) is 14.6 Å². The second-order valence-electron chi connectivity index (χ2n) is 6.71. The van der Waals surface area contributed by atoms with Crippen LogP contribution in [0.5, 0.6) is 0 Å². The molecule has 0 saturated heterocycles. The summed E-state index contributed by atoms with van der Waals surface area (Å²) in [5.74, 6) is 0. The minimum atomic E-state index is 0.429. The van der Waals surface area contributed by atoms with Gasteiger partial charge in [-0.25, -0.2) is 9.50 Å². The number of nitrogens with two attached hydrogens (primary N) is 1. The fraction of sp³-hybridized carbons (Fsp3) is 0.182. The molecule has 0 spiro atoms. The first kappa shape index (κ1) is 16.5. The van der Waals surface area contributed by atoms with Crippen LogP contribution in [0.1, 0.15) is 22.4 Å². The second-order valence-corrected chi connectivity index (χ2v) is 6.71. The zero-order valence-electron chi connectivity index (χ0n) is 15.3. The maximum Gasteiger partial charge on any atom is 0.156 e. The van der Waals surface area contributed by atoms with Crippen LogP contribution >= 0.6 is 0 Å². The lowest BCUT2D eigenvalue weighted by Gasteiger charge is -2.15. The number of aromatic nitrogens is 3. The number of rotatable bonds is 3. The highest BCUT2D eigenvalue weighted by Gasteiger charge is 2.18. The molecular weight excluding hydrogens is 320 g/mol. The fourth-order valence-corrected chi connectivity index (χ4v) is 3.50. The Morgan fingerprint density at radius 2 is 1.73 bits per heavy atom. The summed E-state index contributed by atoms with van der Waals surface area (Å²) < 4.78 is 1.94. The molecule has 2 N–H and O–H groups in total. The number of benzene rings is 2. The van der Waals surface area contributed by atoms with E-state index in [1.54, 1.807) is 0 Å². The molecule has 2 aromatic carbocycles. The molecule has 0 saturated carbocycles. The van der Waals surface area contributed by atoms with E-state index in [2.05, 4.69) is 44.2 Å². The third-order valence-corrected chi connectivity index (χ3v) is 4.82. The Morgan fingerprint density at radius 3 is 2.42 bits per heavy atom. The molecule has 2 heterocycles. The van der Waals surface area contributed by atoms with Crippen molar-refractivity contribution in [1.82, 2.24) is 14.6 Å². The molecule has 4 heteroatoms. The third-order valence-electron chi connectivity index (χ3n) is 4.82. The Balaban J connectivity index is 2.04. The number of hydrogen-bond donors (Lipinski definition) is 1. The summed E-state index contributed by atoms with van der Waals surface area (Å²) in [6.45, 7) is 6.68. The lowest BCUT2D eigenvalue weighted by Crippen LogP contribution is -2.10. The Hall–Kier alpha value is -2.98. The van der Waals surface area contributed by atoms with Crippen LogP contribution < -0.4 is 5.73 Å². The largest absolute Gasteiger partial charge is 0.326 e. The Bertz CT molecular complexity index is 1090. The molecule has 0 bridgehead atoms. The lowest BCUT2D eigenvalue weighted by molar-refractivity contribution is 0.897. The van der Waals surface area contributed by atoms with Crippen LogP contribution in [0.25, 0.3) is 28.2 Å². The van der Waals surface area contributed by atoms with Crippen LogP contribution in [0.3, 0.4) is 0 Å². The number of fused-ring (bicyclic) bond motifs is 1. The Labute approximate surface area is 153 Å². The minimum Gasteiger partial charge on any atom is -0.326 e. The van der Waals surface area contributed by atoms with E-state index in [1.807, 2.05) is 35.7 Å². The van der Waals surface area contributed by atoms with E-state index in [0.29, 0.717) is 6.54 Å². The van der Waals surface area contributed by atoms with E-state index in [0.717, 1.165) is 39.4 Å². The predicted octanol–water partition coefficient (Wildman–Crippen LogP) is 4.45. The molecule has 4 nitrogen and oxygen atoms in total. The highest BCUT2D eigenvalue weighted by atomic mass is 15.3. The van der Waals surface area contributed by atoms with Gasteiger partial charge in [0.2, 0.25) is 0 Å². The Morgan fingerprint density at radius 1 is 0.962 bits per heavy atom. The molecule has 0 radical (unpaired) electrons. The van der Waals surface area contributed by atoms with Crippen LogP contribution in [-0.2, 0) is 6.54 Å². The van der Waals surface area contributed by atoms with Crippen molar-refractivity contribution in [3.63, 3.8) is 0 Å². The summed E-state index contributed by atoms with van der Waals surface area (Å²) in [5.41, 5.74) is 15.6. The summed E-state index contributed by atoms with van der Waals surface area (Å²) in [7, 11) is 0. The summed E-state index contributed by atoms with van der Waals surface area (Å²) >= 11 is 0. The summed E-state index contributed by atoms with van der Waals surface area (Å²) in [5, 5.41) is 4.87. The number of hydrogen-bond acceptors (Lipinski definition) is 3. The second kappa shape index (κ2) is 6.39. The number of aryl methyl sites for hydroxylation is 3. The van der Waals surface area contributed by atoms with Crippen LogP contribution in [0.15, 0.2) is 54.6 Å². The van der Waals surface area contributed by atoms with E-state index in [-0.39, 0.29) is 0 Å². The van der Waals surface area contributed by atoms with E-state index >= 15 is 0 Å². The van der Waals surface area contributed by atoms with Crippen molar-refractivity contribution in [3.05, 3.63) is 77.0 Å². The maximum absolute atomic E-state index is 6.10. The van der Waals surface area contributed by atoms with E-state index in [4.69, 9.17) is 15.8 Å². The van der Waals surface area contributed by atoms with Gasteiger partial charge in [-0.1, -0.05) is 54.1 Å². The zero-order chi connectivity index (χ0) is 18.3. The van der Waals surface area contributed by atoms with Gasteiger partial charge in [0.05, 0.1) is 11.4 Å². The molecule has 4 rings (SSSR count). The van der Waals surface area contributed by atoms with Gasteiger partial charge >= 0.3 is 0 Å². The lowest BCUT2D eigenvalue weighted by atomic mass is 9.98. The smallest absolute Gasteiger partial charge is 0.156 e. The van der Waals surface area contributed by atoms with Crippen LogP contribution in [0, 0.1) is 20.8 Å². The molecular formula is C22H22N4. The van der Waals surface area contributed by atoms with Crippen molar-refractivity contribution in [1.29, 1.82) is 0 Å². The van der Waals surface area contributed by atoms with Crippen molar-refractivity contribution < 1.29 is 0 Å². The molecule has 2 aromatic heterocycles. The fourth-order valence-electron chi connectivity index (χ4n) is 3.50. The van der Waals surface area contributed by atoms with Gasteiger partial charge in [0.25, 0.3) is 0 Å². The van der Waals surface area contributed by atoms with Gasteiger partial charge in [0.1, 0.15) is 0 Å². The average Bonchev–Trinajstić information content (AvgIpc) is 3.05. The molecule has 26 heavy (non-hydrogen) atoms. The van der Waals surface area contributed by atoms with Gasteiger partial charge in [0.15, 0.2) is 5.65 Å². The van der Waals surface area contributed by atoms with E-state index in [9.17, 15) is 0 Å². The molecule has 0 amide bonds. The SMILES string of the molecule is Cc1ccc(-c2c(CN)c(C)nc3cc(-c4ccccc4)nn23)c(C)c1. The highest BCUT2D eigenvalue weighted by Crippen LogP contribution is 2.31. The summed E-state index contributed by atoms with van der Waals surface area (Å²) in [6, 6.07) is 18.7. The van der Waals surface area contributed by atoms with Crippen molar-refractivity contribution in [2.24, 2.45) is 5.73 Å². The van der Waals surface area contributed by atoms with Crippen molar-refractivity contribution >= 4 is 5.65 Å². The molecule has 0 aliphatic heterocycles. The van der Waals surface area contributed by atoms with Crippen molar-refractivity contribution in [2.75, 3.05) is 0 Å². The van der Waals surface area contributed by atoms with Gasteiger partial charge < -0.3 is 5.73 Å². The first-order chi connectivity index (χ1) is 12.6. The number of nitrogens with zero attached hydrogens (tertiary/aromatic N) is 3. The molecule has 130 valence electrons. The minimum absolute atomic E-state index is 0.429. The normalized spacial score (nSPS) is 11.2. The van der Waals surface area contributed by atoms with Crippen molar-refractivity contribution in [2.45, 2.75) is 27.3 Å². The van der Waals surface area contributed by atoms with Gasteiger partial charge in [-0.2, -0.15) is 5.10 Å². The molecule has 0 aliphatic rings. The standard InChI is InChI=1S/C22H22N4/c1-14-9-10-18(15(2)11-14)22-19(13-23)16(3)24-21-12-20(25-26(21)22)17-7-5-4-6-8-17/h4-12H,13,23H2,1-3H3. The molecule has 0 fully saturated rings. The third kappa shape index (κ3) is 2.68. The van der Waals surface area contributed by atoms with Crippen molar-refractivity contribution in [3.8, 4) is 22.5 Å². The van der Waals surface area contributed by atoms with Gasteiger partial charge in [-0.05, 0) is 26.3 Å². The van der Waals surface area contributed by atoms with Crippen LogP contribution in [0.4, 0.5) is 0 Å². The maximum atomic E-state index is 6.10. The summed E-state index contributed by atoms with van der Waals surface area (Å²) in [6.07, 6.45) is 0. The average molecular weight is 342 g/mol. The summed E-state index contributed by atoms with van der Waals surface area (Å²) in [4.78, 5) is 4.75.